The predicted molar refractivity (Wildman–Crippen MR) is 120 cm³/mol. The minimum absolute atomic E-state index is 0.230. The van der Waals surface area contributed by atoms with Crippen LogP contribution in [-0.2, 0) is 24.3 Å². The molecule has 1 saturated heterocycles. The van der Waals surface area contributed by atoms with Gasteiger partial charge in [-0.3, -0.25) is 4.90 Å². The van der Waals surface area contributed by atoms with Gasteiger partial charge in [-0.15, -0.1) is 0 Å². The number of benzene rings is 1. The molecule has 4 rings (SSSR count). The summed E-state index contributed by atoms with van der Waals surface area (Å²) in [6, 6.07) is 9.39. The van der Waals surface area contributed by atoms with Crippen LogP contribution < -0.4 is 10.2 Å². The Morgan fingerprint density at radius 2 is 2.16 bits per heavy atom. The van der Waals surface area contributed by atoms with E-state index in [0.717, 1.165) is 41.7 Å². The second-order valence-electron chi connectivity index (χ2n) is 7.56. The van der Waals surface area contributed by atoms with Gasteiger partial charge in [-0.1, -0.05) is 42.1 Å². The van der Waals surface area contributed by atoms with Crippen LogP contribution in [0.3, 0.4) is 0 Å². The van der Waals surface area contributed by atoms with Gasteiger partial charge in [0.15, 0.2) is 5.16 Å². The summed E-state index contributed by atoms with van der Waals surface area (Å²) in [6.45, 7) is 11.2. The Morgan fingerprint density at radius 3 is 2.94 bits per heavy atom. The van der Waals surface area contributed by atoms with E-state index in [1.165, 1.54) is 17.3 Å². The molecule has 0 spiro atoms. The summed E-state index contributed by atoms with van der Waals surface area (Å²) in [5.41, 5.74) is 3.17. The number of rotatable bonds is 5. The van der Waals surface area contributed by atoms with Crippen molar-refractivity contribution in [1.29, 1.82) is 0 Å². The summed E-state index contributed by atoms with van der Waals surface area (Å²) in [6.07, 6.45) is 2.49. The lowest BCUT2D eigenvalue weighted by atomic mass is 10.1. The molecule has 1 aromatic carbocycles. The standard InChI is InChI=1S/C22H26N6O2S/c1-23-12-17-14-27(20-18-8-9-24-13-19(18)25-21(26-20)31-2)10-11-28(17)22(29)30-15-16-6-4-3-5-7-16/h3-7,17,24H,8-15H2,2H3. The van der Waals surface area contributed by atoms with Gasteiger partial charge in [-0.25, -0.2) is 21.3 Å². The largest absolute Gasteiger partial charge is 0.445 e. The zero-order valence-electron chi connectivity index (χ0n) is 17.6. The summed E-state index contributed by atoms with van der Waals surface area (Å²) in [5, 5.41) is 4.13. The van der Waals surface area contributed by atoms with Crippen LogP contribution in [0.4, 0.5) is 10.6 Å². The van der Waals surface area contributed by atoms with Gasteiger partial charge in [0.1, 0.15) is 18.5 Å². The first kappa shape index (κ1) is 21.4. The molecule has 1 atom stereocenters. The monoisotopic (exact) mass is 438 g/mol. The molecule has 8 nitrogen and oxygen atoms in total. The van der Waals surface area contributed by atoms with Crippen LogP contribution in [0.1, 0.15) is 16.8 Å². The van der Waals surface area contributed by atoms with Gasteiger partial charge in [0.2, 0.25) is 6.54 Å². The fourth-order valence-corrected chi connectivity index (χ4v) is 4.40. The number of fused-ring (bicyclic) bond motifs is 1. The van der Waals surface area contributed by atoms with E-state index >= 15 is 0 Å². The maximum Gasteiger partial charge on any atom is 0.410 e. The molecule has 9 heteroatoms. The van der Waals surface area contributed by atoms with Gasteiger partial charge in [-0.2, -0.15) is 0 Å². The van der Waals surface area contributed by atoms with Gasteiger partial charge in [0.25, 0.3) is 0 Å². The molecule has 0 aliphatic carbocycles. The van der Waals surface area contributed by atoms with E-state index in [2.05, 4.69) is 20.0 Å². The number of thioether (sulfide) groups is 1. The van der Waals surface area contributed by atoms with Crippen LogP contribution in [0.2, 0.25) is 0 Å². The van der Waals surface area contributed by atoms with Crippen LogP contribution >= 0.6 is 11.8 Å². The Hall–Kier alpha value is -2.83. The number of aromatic nitrogens is 2. The van der Waals surface area contributed by atoms with E-state index in [1.54, 1.807) is 4.90 Å². The Balaban J connectivity index is 1.49. The first-order valence-corrected chi connectivity index (χ1v) is 11.6. The predicted octanol–water partition coefficient (Wildman–Crippen LogP) is 2.59. The van der Waals surface area contributed by atoms with Crippen molar-refractivity contribution in [3.05, 3.63) is 58.6 Å². The first-order chi connectivity index (χ1) is 15.2. The lowest BCUT2D eigenvalue weighted by molar-refractivity contribution is 0.0788. The fraction of sp³-hybridized carbons (Fsp3) is 0.455. The zero-order valence-corrected chi connectivity index (χ0v) is 18.4. The van der Waals surface area contributed by atoms with Crippen LogP contribution in [0.5, 0.6) is 0 Å². The molecule has 1 amide bonds. The Morgan fingerprint density at radius 1 is 1.32 bits per heavy atom. The Bertz CT molecular complexity index is 964. The molecule has 1 N–H and O–H groups in total. The van der Waals surface area contributed by atoms with Crippen molar-refractivity contribution >= 4 is 23.7 Å². The average Bonchev–Trinajstić information content (AvgIpc) is 2.82. The molecule has 31 heavy (non-hydrogen) atoms. The fourth-order valence-electron chi connectivity index (χ4n) is 4.02. The van der Waals surface area contributed by atoms with Gasteiger partial charge >= 0.3 is 6.09 Å². The number of piperazine rings is 1. The molecule has 2 aromatic rings. The number of carbonyl (C=O) groups excluding carboxylic acids is 1. The molecule has 2 aliphatic rings. The third kappa shape index (κ3) is 4.92. The van der Waals surface area contributed by atoms with Crippen LogP contribution in [0.15, 0.2) is 35.5 Å². The average molecular weight is 439 g/mol. The molecule has 3 heterocycles. The highest BCUT2D eigenvalue weighted by Gasteiger charge is 2.35. The van der Waals surface area contributed by atoms with E-state index < -0.39 is 0 Å². The molecule has 0 saturated carbocycles. The molecule has 0 bridgehead atoms. The smallest absolute Gasteiger partial charge is 0.410 e. The van der Waals surface area contributed by atoms with Crippen LogP contribution in [-0.4, -0.2) is 66.0 Å². The first-order valence-electron chi connectivity index (χ1n) is 10.4. The molecular formula is C22H26N6O2S. The van der Waals surface area contributed by atoms with E-state index in [1.807, 2.05) is 36.6 Å². The third-order valence-electron chi connectivity index (χ3n) is 5.60. The third-order valence-corrected chi connectivity index (χ3v) is 6.15. The van der Waals surface area contributed by atoms with Crippen molar-refractivity contribution in [2.45, 2.75) is 30.8 Å². The number of ether oxygens (including phenoxy) is 1. The van der Waals surface area contributed by atoms with E-state index in [4.69, 9.17) is 16.3 Å². The Labute approximate surface area is 186 Å². The number of anilines is 1. The molecule has 1 unspecified atom stereocenters. The van der Waals surface area contributed by atoms with E-state index in [0.29, 0.717) is 19.6 Å². The number of hydrogen-bond acceptors (Lipinski definition) is 7. The highest BCUT2D eigenvalue weighted by atomic mass is 32.2. The topological polar surface area (TPSA) is 75.0 Å². The molecule has 0 radical (unpaired) electrons. The second kappa shape index (κ2) is 9.98. The normalized spacial score (nSPS) is 18.3. The highest BCUT2D eigenvalue weighted by Crippen LogP contribution is 2.28. The summed E-state index contributed by atoms with van der Waals surface area (Å²) in [4.78, 5) is 29.7. The van der Waals surface area contributed by atoms with Crippen molar-refractivity contribution < 1.29 is 9.53 Å². The van der Waals surface area contributed by atoms with Gasteiger partial charge in [0, 0.05) is 31.7 Å². The molecule has 1 fully saturated rings. The Kier molecular flexibility index (Phi) is 6.89. The number of nitrogens with one attached hydrogen (secondary N) is 1. The molecule has 2 aliphatic heterocycles. The maximum atomic E-state index is 12.8. The number of hydrogen-bond donors (Lipinski definition) is 1. The minimum Gasteiger partial charge on any atom is -0.445 e. The van der Waals surface area contributed by atoms with Crippen molar-refractivity contribution in [2.75, 3.05) is 43.9 Å². The number of nitrogens with zero attached hydrogens (tertiary/aromatic N) is 5. The summed E-state index contributed by atoms with van der Waals surface area (Å²) in [7, 11) is 0. The van der Waals surface area contributed by atoms with Crippen molar-refractivity contribution in [1.82, 2.24) is 20.2 Å². The van der Waals surface area contributed by atoms with Crippen LogP contribution in [0, 0.1) is 6.57 Å². The van der Waals surface area contributed by atoms with Gasteiger partial charge in [-0.05, 0) is 24.8 Å². The lowest BCUT2D eigenvalue weighted by Gasteiger charge is -2.40. The summed E-state index contributed by atoms with van der Waals surface area (Å²) in [5.74, 6) is 0.947. The van der Waals surface area contributed by atoms with Crippen molar-refractivity contribution in [3.63, 3.8) is 0 Å². The van der Waals surface area contributed by atoms with E-state index in [9.17, 15) is 4.79 Å². The molecule has 1 aromatic heterocycles. The minimum atomic E-state index is -0.365. The van der Waals surface area contributed by atoms with Crippen LogP contribution in [0.25, 0.3) is 4.85 Å². The second-order valence-corrected chi connectivity index (χ2v) is 8.33. The SMILES string of the molecule is [C-]#[N+]CC1CN(c2nc(SC)nc3c2CCNC3)CCN1C(=O)OCc1ccccc1. The molecular weight excluding hydrogens is 412 g/mol. The van der Waals surface area contributed by atoms with Crippen molar-refractivity contribution in [3.8, 4) is 0 Å². The lowest BCUT2D eigenvalue weighted by Crippen LogP contribution is -2.57. The summed E-state index contributed by atoms with van der Waals surface area (Å²) >= 11 is 1.53. The summed E-state index contributed by atoms with van der Waals surface area (Å²) < 4.78 is 5.54. The van der Waals surface area contributed by atoms with Crippen molar-refractivity contribution in [2.24, 2.45) is 0 Å². The number of carbonyl (C=O) groups is 1. The van der Waals surface area contributed by atoms with Gasteiger partial charge < -0.3 is 19.8 Å². The quantitative estimate of drug-likeness (QED) is 0.437. The number of amides is 1. The van der Waals surface area contributed by atoms with Gasteiger partial charge in [0.05, 0.1) is 5.69 Å². The molecule has 162 valence electrons. The van der Waals surface area contributed by atoms with E-state index in [-0.39, 0.29) is 25.3 Å². The zero-order chi connectivity index (χ0) is 21.6. The highest BCUT2D eigenvalue weighted by molar-refractivity contribution is 7.98. The maximum absolute atomic E-state index is 12.8.